The van der Waals surface area contributed by atoms with E-state index in [1.807, 2.05) is 12.1 Å². The van der Waals surface area contributed by atoms with Gasteiger partial charge in [0, 0.05) is 0 Å². The van der Waals surface area contributed by atoms with E-state index in [2.05, 4.69) is 22.0 Å². The molecule has 3 aromatic carbocycles. The standard InChI is InChI=1S/C26H17BrCl2N2O4S/c1-34-22-10-18(8-19(27)24(22)35-14-16-4-2-15(12-30)3-5-16)11-23-25(32)31(26(33)36-23)13-17-6-7-20(28)21(29)9-17/h2-11H,13-14H2,1H3/b23-11+. The minimum atomic E-state index is -0.396. The maximum Gasteiger partial charge on any atom is 0.293 e. The predicted octanol–water partition coefficient (Wildman–Crippen LogP) is 7.45. The number of hydrogen-bond acceptors (Lipinski definition) is 6. The zero-order valence-corrected chi connectivity index (χ0v) is 22.7. The van der Waals surface area contributed by atoms with Gasteiger partial charge in [0.25, 0.3) is 11.1 Å². The fourth-order valence-corrected chi connectivity index (χ4v) is 5.14. The van der Waals surface area contributed by atoms with E-state index in [1.54, 1.807) is 48.5 Å². The summed E-state index contributed by atoms with van der Waals surface area (Å²) in [6.07, 6.45) is 1.64. The number of carbonyl (C=O) groups is 2. The molecule has 0 saturated carbocycles. The van der Waals surface area contributed by atoms with Crippen LogP contribution in [0.1, 0.15) is 22.3 Å². The second kappa shape index (κ2) is 11.4. The Morgan fingerprint density at radius 1 is 1.06 bits per heavy atom. The van der Waals surface area contributed by atoms with Gasteiger partial charge in [-0.2, -0.15) is 5.26 Å². The van der Waals surface area contributed by atoms with Crippen molar-refractivity contribution >= 4 is 68.1 Å². The molecular formula is C26H17BrCl2N2O4S. The first kappa shape index (κ1) is 26.1. The quantitative estimate of drug-likeness (QED) is 0.261. The number of nitrogens with zero attached hydrogens (tertiary/aromatic N) is 2. The van der Waals surface area contributed by atoms with Gasteiger partial charge >= 0.3 is 0 Å². The molecule has 0 radical (unpaired) electrons. The van der Waals surface area contributed by atoms with Crippen LogP contribution in [0.5, 0.6) is 11.5 Å². The van der Waals surface area contributed by atoms with Gasteiger partial charge in [0.05, 0.1) is 44.7 Å². The highest BCUT2D eigenvalue weighted by atomic mass is 79.9. The number of imide groups is 1. The number of methoxy groups -OCH3 is 1. The van der Waals surface area contributed by atoms with Gasteiger partial charge in [-0.1, -0.05) is 41.4 Å². The maximum atomic E-state index is 13.0. The summed E-state index contributed by atoms with van der Waals surface area (Å²) in [4.78, 5) is 27.0. The molecule has 0 N–H and O–H groups in total. The highest BCUT2D eigenvalue weighted by Crippen LogP contribution is 2.40. The van der Waals surface area contributed by atoms with E-state index in [4.69, 9.17) is 37.9 Å². The van der Waals surface area contributed by atoms with E-state index in [9.17, 15) is 9.59 Å². The van der Waals surface area contributed by atoms with Crippen molar-refractivity contribution in [3.8, 4) is 17.6 Å². The lowest BCUT2D eigenvalue weighted by atomic mass is 10.1. The molecular weight excluding hydrogens is 587 g/mol. The molecule has 1 aliphatic rings. The third kappa shape index (κ3) is 5.88. The second-order valence-corrected chi connectivity index (χ2v) is 10.3. The molecule has 2 amide bonds. The SMILES string of the molecule is COc1cc(/C=C2/SC(=O)N(Cc3ccc(Cl)c(Cl)c3)C2=O)cc(Br)c1OCc1ccc(C#N)cc1. The Hall–Kier alpha value is -2.96. The number of hydrogen-bond donors (Lipinski definition) is 0. The number of benzene rings is 3. The van der Waals surface area contributed by atoms with Crippen molar-refractivity contribution in [2.75, 3.05) is 7.11 Å². The summed E-state index contributed by atoms with van der Waals surface area (Å²) in [5.41, 5.74) is 2.82. The summed E-state index contributed by atoms with van der Waals surface area (Å²) in [7, 11) is 1.52. The molecule has 10 heteroatoms. The number of halogens is 3. The average Bonchev–Trinajstić information content (AvgIpc) is 3.12. The van der Waals surface area contributed by atoms with Crippen LogP contribution in [0.3, 0.4) is 0 Å². The fraction of sp³-hybridized carbons (Fsp3) is 0.115. The fourth-order valence-electron chi connectivity index (χ4n) is 3.40. The van der Waals surface area contributed by atoms with Crippen molar-refractivity contribution in [2.45, 2.75) is 13.2 Å². The Morgan fingerprint density at radius 3 is 2.44 bits per heavy atom. The Labute approximate surface area is 230 Å². The summed E-state index contributed by atoms with van der Waals surface area (Å²) >= 11 is 16.4. The smallest absolute Gasteiger partial charge is 0.293 e. The minimum absolute atomic E-state index is 0.0913. The van der Waals surface area contributed by atoms with Crippen LogP contribution in [0.4, 0.5) is 4.79 Å². The molecule has 0 bridgehead atoms. The van der Waals surface area contributed by atoms with Crippen LogP contribution in [0.2, 0.25) is 10.0 Å². The molecule has 1 aliphatic heterocycles. The molecule has 1 saturated heterocycles. The van der Waals surface area contributed by atoms with Crippen molar-refractivity contribution in [1.82, 2.24) is 4.90 Å². The molecule has 0 atom stereocenters. The van der Waals surface area contributed by atoms with Gasteiger partial charge in [0.2, 0.25) is 0 Å². The van der Waals surface area contributed by atoms with Gasteiger partial charge in [0.1, 0.15) is 6.61 Å². The lowest BCUT2D eigenvalue weighted by Crippen LogP contribution is -2.27. The Bertz CT molecular complexity index is 1420. The first-order valence-corrected chi connectivity index (χ1v) is 12.8. The van der Waals surface area contributed by atoms with E-state index in [1.165, 1.54) is 7.11 Å². The molecule has 1 fully saturated rings. The van der Waals surface area contributed by atoms with Crippen LogP contribution in [-0.2, 0) is 17.9 Å². The molecule has 0 spiro atoms. The zero-order chi connectivity index (χ0) is 25.8. The number of carbonyl (C=O) groups excluding carboxylic acids is 2. The summed E-state index contributed by atoms with van der Waals surface area (Å²) in [5.74, 6) is 0.554. The van der Waals surface area contributed by atoms with Crippen LogP contribution in [0.15, 0.2) is 64.0 Å². The lowest BCUT2D eigenvalue weighted by Gasteiger charge is -2.14. The van der Waals surface area contributed by atoms with E-state index in [-0.39, 0.29) is 18.4 Å². The average molecular weight is 604 g/mol. The maximum absolute atomic E-state index is 13.0. The van der Waals surface area contributed by atoms with Crippen molar-refractivity contribution in [3.05, 3.63) is 96.3 Å². The lowest BCUT2D eigenvalue weighted by molar-refractivity contribution is -0.123. The van der Waals surface area contributed by atoms with Gasteiger partial charge in [-0.05, 0) is 86.9 Å². The number of nitriles is 1. The van der Waals surface area contributed by atoms with Gasteiger partial charge in [-0.15, -0.1) is 0 Å². The number of amides is 2. The van der Waals surface area contributed by atoms with E-state index in [0.29, 0.717) is 47.6 Å². The monoisotopic (exact) mass is 602 g/mol. The Morgan fingerprint density at radius 2 is 1.78 bits per heavy atom. The van der Waals surface area contributed by atoms with E-state index in [0.717, 1.165) is 22.2 Å². The van der Waals surface area contributed by atoms with Crippen LogP contribution >= 0.6 is 50.9 Å². The van der Waals surface area contributed by atoms with Gasteiger partial charge in [-0.25, -0.2) is 0 Å². The zero-order valence-electron chi connectivity index (χ0n) is 18.8. The van der Waals surface area contributed by atoms with Crippen LogP contribution < -0.4 is 9.47 Å². The highest BCUT2D eigenvalue weighted by molar-refractivity contribution is 9.10. The molecule has 6 nitrogen and oxygen atoms in total. The third-order valence-electron chi connectivity index (χ3n) is 5.21. The molecule has 36 heavy (non-hydrogen) atoms. The van der Waals surface area contributed by atoms with Crippen molar-refractivity contribution in [2.24, 2.45) is 0 Å². The first-order chi connectivity index (χ1) is 17.3. The molecule has 0 aromatic heterocycles. The van der Waals surface area contributed by atoms with Gasteiger partial charge in [0.15, 0.2) is 11.5 Å². The minimum Gasteiger partial charge on any atom is -0.493 e. The molecule has 1 heterocycles. The molecule has 182 valence electrons. The number of ether oxygens (including phenoxy) is 2. The van der Waals surface area contributed by atoms with Crippen molar-refractivity contribution < 1.29 is 19.1 Å². The van der Waals surface area contributed by atoms with Crippen LogP contribution in [-0.4, -0.2) is 23.2 Å². The molecule has 4 rings (SSSR count). The largest absolute Gasteiger partial charge is 0.493 e. The third-order valence-corrected chi connectivity index (χ3v) is 7.45. The van der Waals surface area contributed by atoms with E-state index >= 15 is 0 Å². The Kier molecular flexibility index (Phi) is 8.27. The summed E-state index contributed by atoms with van der Waals surface area (Å²) < 4.78 is 12.1. The van der Waals surface area contributed by atoms with Crippen LogP contribution in [0.25, 0.3) is 6.08 Å². The van der Waals surface area contributed by atoms with Gasteiger partial charge < -0.3 is 9.47 Å². The highest BCUT2D eigenvalue weighted by Gasteiger charge is 2.35. The van der Waals surface area contributed by atoms with Crippen molar-refractivity contribution in [1.29, 1.82) is 5.26 Å². The first-order valence-electron chi connectivity index (χ1n) is 10.5. The molecule has 0 aliphatic carbocycles. The predicted molar refractivity (Wildman–Crippen MR) is 144 cm³/mol. The molecule has 0 unspecified atom stereocenters. The topological polar surface area (TPSA) is 79.6 Å². The van der Waals surface area contributed by atoms with Crippen molar-refractivity contribution in [3.63, 3.8) is 0 Å². The summed E-state index contributed by atoms with van der Waals surface area (Å²) in [6, 6.07) is 17.7. The summed E-state index contributed by atoms with van der Waals surface area (Å²) in [5, 5.41) is 9.33. The number of thioether (sulfide) groups is 1. The second-order valence-electron chi connectivity index (χ2n) is 7.65. The summed E-state index contributed by atoms with van der Waals surface area (Å²) in [6.45, 7) is 0.363. The van der Waals surface area contributed by atoms with E-state index < -0.39 is 5.91 Å². The van der Waals surface area contributed by atoms with Gasteiger partial charge in [-0.3, -0.25) is 14.5 Å². The Balaban J connectivity index is 1.52. The molecule has 3 aromatic rings. The van der Waals surface area contributed by atoms with Crippen LogP contribution in [0, 0.1) is 11.3 Å². The normalized spacial score (nSPS) is 14.3. The number of rotatable bonds is 7.